The monoisotopic (exact) mass is 240 g/mol. The Morgan fingerprint density at radius 1 is 1.19 bits per heavy atom. The van der Waals surface area contributed by atoms with Gasteiger partial charge in [-0.15, -0.1) is 0 Å². The summed E-state index contributed by atoms with van der Waals surface area (Å²) in [5, 5.41) is 0. The third kappa shape index (κ3) is 6.37. The minimum atomic E-state index is -4.22. The Kier molecular flexibility index (Phi) is 6.00. The normalized spacial score (nSPS) is 11.0. The summed E-state index contributed by atoms with van der Waals surface area (Å²) in [4.78, 5) is 0. The van der Waals surface area contributed by atoms with Crippen molar-refractivity contribution in [3.8, 4) is 0 Å². The predicted octanol–water partition coefficient (Wildman–Crippen LogP) is 4.68. The lowest BCUT2D eigenvalue weighted by Crippen LogP contribution is -2.04. The van der Waals surface area contributed by atoms with Crippen LogP contribution in [0.1, 0.15) is 24.5 Å². The first-order valence-electron chi connectivity index (χ1n) is 4.69. The van der Waals surface area contributed by atoms with Gasteiger partial charge in [-0.2, -0.15) is 13.2 Å². The van der Waals surface area contributed by atoms with Gasteiger partial charge in [0.2, 0.25) is 6.43 Å². The molecule has 5 heteroatoms. The van der Waals surface area contributed by atoms with Gasteiger partial charge in [0.1, 0.15) is 0 Å². The van der Waals surface area contributed by atoms with Crippen LogP contribution < -0.4 is 0 Å². The van der Waals surface area contributed by atoms with Gasteiger partial charge < -0.3 is 0 Å². The zero-order valence-electron chi connectivity index (χ0n) is 8.98. The van der Waals surface area contributed by atoms with Crippen LogP contribution in [0, 0.1) is 6.92 Å². The Hall–Kier alpha value is -1.13. The predicted molar refractivity (Wildman–Crippen MR) is 52.5 cm³/mol. The molecule has 0 radical (unpaired) electrons. The van der Waals surface area contributed by atoms with Gasteiger partial charge in [0.15, 0.2) is 0 Å². The molecule has 0 bridgehead atoms. The van der Waals surface area contributed by atoms with E-state index in [1.54, 1.807) is 13.0 Å². The minimum Gasteiger partial charge on any atom is -0.211 e. The fourth-order valence-corrected chi connectivity index (χ4v) is 0.821. The second-order valence-corrected chi connectivity index (χ2v) is 3.17. The van der Waals surface area contributed by atoms with Crippen molar-refractivity contribution in [2.24, 2.45) is 0 Å². The molecule has 0 heterocycles. The lowest BCUT2D eigenvalue weighted by molar-refractivity contribution is -0.137. The van der Waals surface area contributed by atoms with Crippen molar-refractivity contribution in [3.63, 3.8) is 0 Å². The van der Waals surface area contributed by atoms with Crippen LogP contribution in [0.5, 0.6) is 0 Å². The summed E-state index contributed by atoms with van der Waals surface area (Å²) in [6.45, 7) is 3.08. The molecular weight excluding hydrogens is 227 g/mol. The molecule has 0 fully saturated rings. The van der Waals surface area contributed by atoms with Crippen molar-refractivity contribution >= 4 is 0 Å². The largest absolute Gasteiger partial charge is 0.416 e. The van der Waals surface area contributed by atoms with E-state index in [0.717, 1.165) is 12.1 Å². The second kappa shape index (κ2) is 6.45. The molecule has 0 saturated heterocycles. The zero-order valence-corrected chi connectivity index (χ0v) is 8.98. The number of benzene rings is 1. The molecule has 0 aromatic heterocycles. The molecule has 1 rings (SSSR count). The number of alkyl halides is 5. The van der Waals surface area contributed by atoms with Crippen LogP contribution in [0.3, 0.4) is 0 Å². The Morgan fingerprint density at radius 2 is 1.69 bits per heavy atom. The van der Waals surface area contributed by atoms with Crippen LogP contribution in [-0.2, 0) is 6.18 Å². The highest BCUT2D eigenvalue weighted by Crippen LogP contribution is 2.29. The first kappa shape index (κ1) is 14.9. The molecule has 1 aromatic carbocycles. The third-order valence-electron chi connectivity index (χ3n) is 1.65. The highest BCUT2D eigenvalue weighted by atomic mass is 19.4. The van der Waals surface area contributed by atoms with E-state index >= 15 is 0 Å². The van der Waals surface area contributed by atoms with Crippen LogP contribution in [0.2, 0.25) is 0 Å². The lowest BCUT2D eigenvalue weighted by Gasteiger charge is -2.05. The van der Waals surface area contributed by atoms with Gasteiger partial charge in [0, 0.05) is 6.42 Å². The summed E-state index contributed by atoms with van der Waals surface area (Å²) in [5.74, 6) is 0. The van der Waals surface area contributed by atoms with Gasteiger partial charge >= 0.3 is 6.18 Å². The minimum absolute atomic E-state index is 0.0278. The molecule has 0 saturated carbocycles. The SMILES string of the molecule is CCC(F)F.Cc1cccc(C(F)(F)F)c1. The number of rotatable bonds is 1. The maximum atomic E-state index is 12.0. The Labute approximate surface area is 91.1 Å². The fraction of sp³-hybridized carbons (Fsp3) is 0.455. The molecule has 0 amide bonds. The molecule has 0 aliphatic carbocycles. The fourth-order valence-electron chi connectivity index (χ4n) is 0.821. The van der Waals surface area contributed by atoms with E-state index in [4.69, 9.17) is 0 Å². The molecule has 0 aliphatic heterocycles. The summed E-state index contributed by atoms with van der Waals surface area (Å²) in [5.41, 5.74) is 0.0392. The standard InChI is InChI=1S/C8H7F3.C3H6F2/c1-6-3-2-4-7(5-6)8(9,10)11;1-2-3(4)5/h2-5H,1H3;3H,2H2,1H3. The number of halogens is 5. The molecule has 0 atom stereocenters. The van der Waals surface area contributed by atoms with Crippen molar-refractivity contribution in [1.29, 1.82) is 0 Å². The molecule has 92 valence electrons. The zero-order chi connectivity index (χ0) is 12.8. The topological polar surface area (TPSA) is 0 Å². The smallest absolute Gasteiger partial charge is 0.211 e. The second-order valence-electron chi connectivity index (χ2n) is 3.17. The molecule has 0 N–H and O–H groups in total. The number of aryl methyl sites for hydroxylation is 1. The molecule has 0 spiro atoms. The molecule has 0 aliphatic rings. The molecule has 1 aromatic rings. The van der Waals surface area contributed by atoms with E-state index in [9.17, 15) is 22.0 Å². The van der Waals surface area contributed by atoms with Gasteiger partial charge in [-0.25, -0.2) is 8.78 Å². The van der Waals surface area contributed by atoms with Crippen LogP contribution in [0.4, 0.5) is 22.0 Å². The van der Waals surface area contributed by atoms with E-state index in [2.05, 4.69) is 0 Å². The third-order valence-corrected chi connectivity index (χ3v) is 1.65. The Bertz CT molecular complexity index is 303. The van der Waals surface area contributed by atoms with Crippen LogP contribution in [-0.4, -0.2) is 6.43 Å². The van der Waals surface area contributed by atoms with Crippen LogP contribution in [0.15, 0.2) is 24.3 Å². The van der Waals surface area contributed by atoms with Crippen molar-refractivity contribution in [3.05, 3.63) is 35.4 Å². The molecule has 0 nitrogen and oxygen atoms in total. The van der Waals surface area contributed by atoms with E-state index in [1.807, 2.05) is 0 Å². The molecule has 0 unspecified atom stereocenters. The highest BCUT2D eigenvalue weighted by molar-refractivity contribution is 5.24. The van der Waals surface area contributed by atoms with Crippen LogP contribution in [0.25, 0.3) is 0 Å². The number of hydrogen-bond acceptors (Lipinski definition) is 0. The summed E-state index contributed by atoms with van der Waals surface area (Å²) >= 11 is 0. The average Bonchev–Trinajstić information content (AvgIpc) is 2.17. The Morgan fingerprint density at radius 3 is 1.94 bits per heavy atom. The highest BCUT2D eigenvalue weighted by Gasteiger charge is 2.29. The lowest BCUT2D eigenvalue weighted by atomic mass is 10.1. The van der Waals surface area contributed by atoms with E-state index in [-0.39, 0.29) is 6.42 Å². The summed E-state index contributed by atoms with van der Waals surface area (Å²) in [6.07, 6.45) is -6.36. The summed E-state index contributed by atoms with van der Waals surface area (Å²) in [6, 6.07) is 5.22. The number of hydrogen-bond donors (Lipinski definition) is 0. The maximum Gasteiger partial charge on any atom is 0.416 e. The quantitative estimate of drug-likeness (QED) is 0.625. The summed E-state index contributed by atoms with van der Waals surface area (Å²) in [7, 11) is 0. The van der Waals surface area contributed by atoms with Gasteiger partial charge in [-0.05, 0) is 13.0 Å². The maximum absolute atomic E-state index is 12.0. The van der Waals surface area contributed by atoms with E-state index in [0.29, 0.717) is 5.56 Å². The average molecular weight is 240 g/mol. The van der Waals surface area contributed by atoms with Gasteiger partial charge in [-0.3, -0.25) is 0 Å². The van der Waals surface area contributed by atoms with Gasteiger partial charge in [0.25, 0.3) is 0 Å². The summed E-state index contributed by atoms with van der Waals surface area (Å²) < 4.78 is 57.4. The van der Waals surface area contributed by atoms with Crippen molar-refractivity contribution in [2.75, 3.05) is 0 Å². The van der Waals surface area contributed by atoms with Crippen LogP contribution >= 0.6 is 0 Å². The van der Waals surface area contributed by atoms with Gasteiger partial charge in [0.05, 0.1) is 5.56 Å². The first-order valence-corrected chi connectivity index (χ1v) is 4.69. The first-order chi connectivity index (χ1) is 7.27. The molecular formula is C11H13F5. The van der Waals surface area contributed by atoms with Crippen molar-refractivity contribution in [1.82, 2.24) is 0 Å². The van der Waals surface area contributed by atoms with Gasteiger partial charge in [-0.1, -0.05) is 30.7 Å². The van der Waals surface area contributed by atoms with E-state index < -0.39 is 18.2 Å². The van der Waals surface area contributed by atoms with Crippen molar-refractivity contribution in [2.45, 2.75) is 32.9 Å². The van der Waals surface area contributed by atoms with Crippen molar-refractivity contribution < 1.29 is 22.0 Å². The Balaban J connectivity index is 0.000000385. The van der Waals surface area contributed by atoms with E-state index in [1.165, 1.54) is 13.0 Å². The molecule has 16 heavy (non-hydrogen) atoms.